The second-order valence-electron chi connectivity index (χ2n) is 5.31. The zero-order valence-electron chi connectivity index (χ0n) is 14.7. The summed E-state index contributed by atoms with van der Waals surface area (Å²) < 4.78 is 15.4. The normalized spacial score (nSPS) is 16.5. The van der Waals surface area contributed by atoms with E-state index >= 15 is 0 Å². The number of nitro groups is 1. The molecule has 0 bridgehead atoms. The standard InChI is InChI=1S/C16H19N3O7/c1-5-26-12-6-9(10(19(22)23)7-11(12)24-3)14-13(15(20)25-4)8(2)17-16(21)18-14/h6-7,14H,5H2,1-4H3,(H2,17,18,21). The number of carbonyl (C=O) groups excluding carboxylic acids is 2. The number of ether oxygens (including phenoxy) is 3. The van der Waals surface area contributed by atoms with Gasteiger partial charge in [0.2, 0.25) is 0 Å². The Labute approximate surface area is 149 Å². The van der Waals surface area contributed by atoms with Gasteiger partial charge in [0, 0.05) is 5.70 Å². The average molecular weight is 365 g/mol. The van der Waals surface area contributed by atoms with E-state index in [4.69, 9.17) is 14.2 Å². The van der Waals surface area contributed by atoms with Crippen LogP contribution in [0.25, 0.3) is 0 Å². The van der Waals surface area contributed by atoms with E-state index in [2.05, 4.69) is 10.6 Å². The number of amides is 2. The monoisotopic (exact) mass is 365 g/mol. The summed E-state index contributed by atoms with van der Waals surface area (Å²) in [6.45, 7) is 3.55. The summed E-state index contributed by atoms with van der Waals surface area (Å²) in [5.74, 6) is -0.295. The van der Waals surface area contributed by atoms with Gasteiger partial charge in [0.05, 0.1) is 49.0 Å². The predicted octanol–water partition coefficient (Wildman–Crippen LogP) is 1.80. The average Bonchev–Trinajstić information content (AvgIpc) is 2.60. The summed E-state index contributed by atoms with van der Waals surface area (Å²) in [6.07, 6.45) is 0. The van der Waals surface area contributed by atoms with Gasteiger partial charge in [0.1, 0.15) is 0 Å². The lowest BCUT2D eigenvalue weighted by molar-refractivity contribution is -0.385. The van der Waals surface area contributed by atoms with E-state index in [0.717, 1.165) is 0 Å². The van der Waals surface area contributed by atoms with Gasteiger partial charge in [-0.3, -0.25) is 10.1 Å². The smallest absolute Gasteiger partial charge is 0.337 e. The molecule has 1 aliphatic rings. The number of methoxy groups -OCH3 is 2. The molecule has 1 aromatic rings. The van der Waals surface area contributed by atoms with Gasteiger partial charge in [-0.15, -0.1) is 0 Å². The number of nitro benzene ring substituents is 1. The first-order chi connectivity index (χ1) is 12.3. The first kappa shape index (κ1) is 19.0. The van der Waals surface area contributed by atoms with Crippen molar-refractivity contribution in [2.75, 3.05) is 20.8 Å². The van der Waals surface area contributed by atoms with Crippen molar-refractivity contribution in [1.82, 2.24) is 10.6 Å². The Kier molecular flexibility index (Phi) is 5.65. The fourth-order valence-corrected chi connectivity index (χ4v) is 2.69. The Morgan fingerprint density at radius 2 is 2.00 bits per heavy atom. The first-order valence-corrected chi connectivity index (χ1v) is 7.69. The highest BCUT2D eigenvalue weighted by Gasteiger charge is 2.36. The number of carbonyl (C=O) groups is 2. The van der Waals surface area contributed by atoms with E-state index < -0.39 is 23.0 Å². The number of hydrogen-bond acceptors (Lipinski definition) is 7. The second kappa shape index (κ2) is 7.72. The molecule has 1 aliphatic heterocycles. The number of rotatable bonds is 6. The lowest BCUT2D eigenvalue weighted by Crippen LogP contribution is -2.45. The zero-order valence-corrected chi connectivity index (χ0v) is 14.7. The summed E-state index contributed by atoms with van der Waals surface area (Å²) in [7, 11) is 2.54. The Balaban J connectivity index is 2.72. The number of nitrogens with zero attached hydrogens (tertiary/aromatic N) is 1. The molecule has 26 heavy (non-hydrogen) atoms. The van der Waals surface area contributed by atoms with Gasteiger partial charge in [-0.1, -0.05) is 0 Å². The highest BCUT2D eigenvalue weighted by molar-refractivity contribution is 5.95. The molecule has 1 unspecified atom stereocenters. The molecule has 2 N–H and O–H groups in total. The third-order valence-electron chi connectivity index (χ3n) is 3.79. The van der Waals surface area contributed by atoms with E-state index in [1.54, 1.807) is 6.92 Å². The molecule has 0 aromatic heterocycles. The molecule has 0 radical (unpaired) electrons. The van der Waals surface area contributed by atoms with Gasteiger partial charge in [-0.25, -0.2) is 9.59 Å². The van der Waals surface area contributed by atoms with Crippen LogP contribution in [0.15, 0.2) is 23.4 Å². The van der Waals surface area contributed by atoms with Gasteiger partial charge < -0.3 is 24.8 Å². The maximum Gasteiger partial charge on any atom is 0.337 e. The van der Waals surface area contributed by atoms with Crippen molar-refractivity contribution < 1.29 is 28.7 Å². The molecule has 1 aromatic carbocycles. The van der Waals surface area contributed by atoms with E-state index in [1.165, 1.54) is 33.3 Å². The molecular formula is C16H19N3O7. The van der Waals surface area contributed by atoms with Crippen molar-refractivity contribution in [3.05, 3.63) is 39.1 Å². The molecule has 140 valence electrons. The highest BCUT2D eigenvalue weighted by Crippen LogP contribution is 2.40. The van der Waals surface area contributed by atoms with Crippen LogP contribution in [0.2, 0.25) is 0 Å². The van der Waals surface area contributed by atoms with Crippen LogP contribution in [0.4, 0.5) is 10.5 Å². The van der Waals surface area contributed by atoms with E-state index in [9.17, 15) is 19.7 Å². The summed E-state index contributed by atoms with van der Waals surface area (Å²) >= 11 is 0. The number of nitrogens with one attached hydrogen (secondary N) is 2. The molecule has 2 rings (SSSR count). The quantitative estimate of drug-likeness (QED) is 0.447. The van der Waals surface area contributed by atoms with E-state index in [0.29, 0.717) is 6.61 Å². The van der Waals surface area contributed by atoms with Gasteiger partial charge >= 0.3 is 12.0 Å². The second-order valence-corrected chi connectivity index (χ2v) is 5.31. The van der Waals surface area contributed by atoms with Crippen LogP contribution in [-0.2, 0) is 9.53 Å². The van der Waals surface area contributed by atoms with Crippen LogP contribution in [0.5, 0.6) is 11.5 Å². The number of urea groups is 1. The van der Waals surface area contributed by atoms with Crippen LogP contribution in [0.1, 0.15) is 25.5 Å². The third kappa shape index (κ3) is 3.53. The predicted molar refractivity (Wildman–Crippen MR) is 89.9 cm³/mol. The molecule has 1 heterocycles. The lowest BCUT2D eigenvalue weighted by atomic mass is 9.93. The molecule has 0 aliphatic carbocycles. The molecule has 10 heteroatoms. The Hall–Kier alpha value is -3.30. The number of allylic oxidation sites excluding steroid dienone is 1. The molecule has 0 saturated carbocycles. The summed E-state index contributed by atoms with van der Waals surface area (Å²) in [4.78, 5) is 35.0. The summed E-state index contributed by atoms with van der Waals surface area (Å²) in [6, 6.07) is 0.899. The molecule has 0 spiro atoms. The fourth-order valence-electron chi connectivity index (χ4n) is 2.69. The van der Waals surface area contributed by atoms with Crippen LogP contribution < -0.4 is 20.1 Å². The van der Waals surface area contributed by atoms with Crippen LogP contribution in [0.3, 0.4) is 0 Å². The van der Waals surface area contributed by atoms with Crippen molar-refractivity contribution in [3.8, 4) is 11.5 Å². The highest BCUT2D eigenvalue weighted by atomic mass is 16.6. The minimum absolute atomic E-state index is 0.0582. The minimum atomic E-state index is -1.08. The van der Waals surface area contributed by atoms with Crippen molar-refractivity contribution in [3.63, 3.8) is 0 Å². The van der Waals surface area contributed by atoms with Crippen LogP contribution >= 0.6 is 0 Å². The SMILES string of the molecule is CCOc1cc(C2NC(=O)NC(C)=C2C(=O)OC)c([N+](=O)[O-])cc1OC. The van der Waals surface area contributed by atoms with Crippen molar-refractivity contribution in [2.45, 2.75) is 19.9 Å². The molecule has 10 nitrogen and oxygen atoms in total. The van der Waals surface area contributed by atoms with Crippen LogP contribution in [-0.4, -0.2) is 37.8 Å². The van der Waals surface area contributed by atoms with Gasteiger partial charge in [0.15, 0.2) is 11.5 Å². The largest absolute Gasteiger partial charge is 0.493 e. The molecular weight excluding hydrogens is 346 g/mol. The van der Waals surface area contributed by atoms with Crippen molar-refractivity contribution in [2.24, 2.45) is 0 Å². The molecule has 1 atom stereocenters. The molecule has 0 saturated heterocycles. The Morgan fingerprint density at radius 1 is 1.31 bits per heavy atom. The minimum Gasteiger partial charge on any atom is -0.493 e. The van der Waals surface area contributed by atoms with Crippen molar-refractivity contribution >= 4 is 17.7 Å². The van der Waals surface area contributed by atoms with Crippen molar-refractivity contribution in [1.29, 1.82) is 0 Å². The molecule has 0 fully saturated rings. The van der Waals surface area contributed by atoms with E-state index in [1.807, 2.05) is 0 Å². The van der Waals surface area contributed by atoms with Gasteiger partial charge in [-0.05, 0) is 19.9 Å². The maximum absolute atomic E-state index is 12.2. The Morgan fingerprint density at radius 3 is 2.54 bits per heavy atom. The van der Waals surface area contributed by atoms with Gasteiger partial charge in [-0.2, -0.15) is 0 Å². The fraction of sp³-hybridized carbons (Fsp3) is 0.375. The first-order valence-electron chi connectivity index (χ1n) is 7.69. The summed E-state index contributed by atoms with van der Waals surface area (Å²) in [5, 5.41) is 16.5. The number of hydrogen-bond donors (Lipinski definition) is 2. The van der Waals surface area contributed by atoms with Crippen LogP contribution in [0, 0.1) is 10.1 Å². The summed E-state index contributed by atoms with van der Waals surface area (Å²) in [5.41, 5.74) is 0.0528. The molecule has 2 amide bonds. The number of esters is 1. The zero-order chi connectivity index (χ0) is 19.4. The van der Waals surface area contributed by atoms with E-state index in [-0.39, 0.29) is 34.0 Å². The lowest BCUT2D eigenvalue weighted by Gasteiger charge is -2.28. The van der Waals surface area contributed by atoms with Gasteiger partial charge in [0.25, 0.3) is 5.69 Å². The number of benzene rings is 1. The Bertz CT molecular complexity index is 788. The maximum atomic E-state index is 12.2. The topological polar surface area (TPSA) is 129 Å². The third-order valence-corrected chi connectivity index (χ3v) is 3.79.